The second-order valence-electron chi connectivity index (χ2n) is 9.22. The number of nitrogens with zero attached hydrogens (tertiary/aromatic N) is 2. The van der Waals surface area contributed by atoms with Gasteiger partial charge < -0.3 is 10.2 Å². The molecule has 35 heavy (non-hydrogen) atoms. The van der Waals surface area contributed by atoms with Crippen LogP contribution in [0.5, 0.6) is 0 Å². The topological polar surface area (TPSA) is 99.3 Å². The molecule has 2 aliphatic carbocycles. The Hall–Kier alpha value is -3.80. The quantitative estimate of drug-likeness (QED) is 0.527. The molecule has 0 saturated carbocycles. The van der Waals surface area contributed by atoms with Crippen LogP contribution in [0, 0.1) is 0 Å². The zero-order valence-corrected chi connectivity index (χ0v) is 19.8. The van der Waals surface area contributed by atoms with Crippen LogP contribution in [0.25, 0.3) is 0 Å². The summed E-state index contributed by atoms with van der Waals surface area (Å²) in [6.45, 7) is 2.13. The van der Waals surface area contributed by atoms with Crippen molar-refractivity contribution in [2.45, 2.75) is 50.5 Å². The minimum Gasteiger partial charge on any atom is -0.511 e. The summed E-state index contributed by atoms with van der Waals surface area (Å²) in [5.74, 6) is -0.189. The lowest BCUT2D eigenvalue weighted by Gasteiger charge is -2.22. The molecule has 180 valence electrons. The van der Waals surface area contributed by atoms with Crippen LogP contribution < -0.4 is 0 Å². The average Bonchev–Trinajstić information content (AvgIpc) is 2.86. The van der Waals surface area contributed by atoms with Crippen molar-refractivity contribution < 1.29 is 19.8 Å². The smallest absolute Gasteiger partial charge is 0.168 e. The molecule has 6 nitrogen and oxygen atoms in total. The fourth-order valence-corrected chi connectivity index (χ4v) is 4.58. The number of aliphatic hydroxyl groups is 2. The fourth-order valence-electron chi connectivity index (χ4n) is 4.58. The molecule has 0 bridgehead atoms. The molecular weight excluding hydrogens is 440 g/mol. The maximum absolute atomic E-state index is 12.6. The van der Waals surface area contributed by atoms with E-state index in [9.17, 15) is 19.8 Å². The van der Waals surface area contributed by atoms with Gasteiger partial charge in [0.1, 0.15) is 11.5 Å². The van der Waals surface area contributed by atoms with E-state index in [0.717, 1.165) is 11.1 Å². The van der Waals surface area contributed by atoms with Gasteiger partial charge in [-0.1, -0.05) is 60.7 Å². The zero-order valence-electron chi connectivity index (χ0n) is 19.8. The standard InChI is InChI=1S/C29H30N2O4/c1-19(31-18-25-28(34)14-23(15-29(25)35)21-10-6-3-7-11-21)16-30-17-24-26(32)12-22(13-27(24)33)20-8-4-2-5-9-20/h2-11,17-19,22-23,32,34H,12-16H2,1H3. The summed E-state index contributed by atoms with van der Waals surface area (Å²) in [5, 5.41) is 20.9. The Bertz CT molecular complexity index is 1200. The molecule has 0 aromatic heterocycles. The third-order valence-corrected chi connectivity index (χ3v) is 6.56. The Labute approximate surface area is 205 Å². The van der Waals surface area contributed by atoms with Crippen molar-refractivity contribution in [3.63, 3.8) is 0 Å². The van der Waals surface area contributed by atoms with Crippen molar-refractivity contribution in [2.75, 3.05) is 6.54 Å². The first kappa shape index (κ1) is 24.3. The maximum Gasteiger partial charge on any atom is 0.168 e. The summed E-state index contributed by atoms with van der Waals surface area (Å²) >= 11 is 0. The zero-order chi connectivity index (χ0) is 24.8. The van der Waals surface area contributed by atoms with Crippen LogP contribution in [0.3, 0.4) is 0 Å². The number of ketones is 2. The van der Waals surface area contributed by atoms with Gasteiger partial charge in [-0.15, -0.1) is 0 Å². The number of carbonyl (C=O) groups is 2. The second kappa shape index (κ2) is 11.1. The van der Waals surface area contributed by atoms with Gasteiger partial charge in [0.2, 0.25) is 0 Å². The molecular formula is C29H30N2O4. The first-order valence-corrected chi connectivity index (χ1v) is 12.0. The molecule has 2 aliphatic rings. The Morgan fingerprint density at radius 2 is 1.23 bits per heavy atom. The van der Waals surface area contributed by atoms with E-state index in [1.54, 1.807) is 0 Å². The third-order valence-electron chi connectivity index (χ3n) is 6.56. The van der Waals surface area contributed by atoms with E-state index in [2.05, 4.69) is 9.98 Å². The lowest BCUT2D eigenvalue weighted by atomic mass is 9.83. The monoisotopic (exact) mass is 470 g/mol. The van der Waals surface area contributed by atoms with Crippen LogP contribution in [0.15, 0.2) is 93.3 Å². The van der Waals surface area contributed by atoms with Gasteiger partial charge in [0, 0.05) is 38.1 Å². The van der Waals surface area contributed by atoms with E-state index in [0.29, 0.717) is 25.7 Å². The molecule has 0 fully saturated rings. The Morgan fingerprint density at radius 3 is 1.69 bits per heavy atom. The molecule has 2 aromatic rings. The van der Waals surface area contributed by atoms with Crippen LogP contribution in [0.4, 0.5) is 0 Å². The summed E-state index contributed by atoms with van der Waals surface area (Å²) in [6, 6.07) is 19.2. The Kier molecular flexibility index (Phi) is 7.70. The second-order valence-corrected chi connectivity index (χ2v) is 9.22. The van der Waals surface area contributed by atoms with E-state index in [-0.39, 0.29) is 58.7 Å². The normalized spacial score (nSPS) is 22.4. The third kappa shape index (κ3) is 6.01. The highest BCUT2D eigenvalue weighted by Gasteiger charge is 2.28. The van der Waals surface area contributed by atoms with Gasteiger partial charge in [-0.2, -0.15) is 0 Å². The molecule has 4 rings (SSSR count). The van der Waals surface area contributed by atoms with E-state index >= 15 is 0 Å². The van der Waals surface area contributed by atoms with Gasteiger partial charge in [0.15, 0.2) is 11.6 Å². The predicted octanol–water partition coefficient (Wildman–Crippen LogP) is 5.43. The van der Waals surface area contributed by atoms with Crippen LogP contribution in [-0.2, 0) is 9.59 Å². The molecule has 0 heterocycles. The Balaban J connectivity index is 1.35. The molecule has 0 amide bonds. The van der Waals surface area contributed by atoms with Gasteiger partial charge in [-0.3, -0.25) is 19.6 Å². The number of rotatable bonds is 7. The minimum absolute atomic E-state index is 0.0279. The number of benzene rings is 2. The van der Waals surface area contributed by atoms with Gasteiger partial charge in [0.05, 0.1) is 23.7 Å². The number of Topliss-reactive ketones (excluding diaryl/α,β-unsaturated/α-hetero) is 2. The molecule has 6 heteroatoms. The molecule has 0 saturated heterocycles. The number of allylic oxidation sites excluding steroid dienone is 4. The van der Waals surface area contributed by atoms with Crippen molar-refractivity contribution in [2.24, 2.45) is 9.98 Å². The van der Waals surface area contributed by atoms with Crippen molar-refractivity contribution in [3.8, 4) is 0 Å². The van der Waals surface area contributed by atoms with Crippen molar-refractivity contribution in [1.82, 2.24) is 0 Å². The Morgan fingerprint density at radius 1 is 0.771 bits per heavy atom. The van der Waals surface area contributed by atoms with Crippen LogP contribution in [0.2, 0.25) is 0 Å². The molecule has 2 N–H and O–H groups in total. The minimum atomic E-state index is -0.260. The first-order valence-electron chi connectivity index (χ1n) is 12.0. The SMILES string of the molecule is CC(CN=CC1=C(O)CC(c2ccccc2)CC1=O)N=CC1=C(O)CC(c2ccccc2)CC1=O. The summed E-state index contributed by atoms with van der Waals surface area (Å²) in [6.07, 6.45) is 4.35. The fraction of sp³-hybridized carbons (Fsp3) is 0.310. The molecule has 0 aliphatic heterocycles. The molecule has 2 aromatic carbocycles. The largest absolute Gasteiger partial charge is 0.511 e. The van der Waals surface area contributed by atoms with E-state index < -0.39 is 0 Å². The molecule has 3 atom stereocenters. The van der Waals surface area contributed by atoms with E-state index in [4.69, 9.17) is 0 Å². The summed E-state index contributed by atoms with van der Waals surface area (Å²) < 4.78 is 0. The molecule has 3 unspecified atom stereocenters. The maximum atomic E-state index is 12.6. The van der Waals surface area contributed by atoms with E-state index in [1.807, 2.05) is 67.6 Å². The lowest BCUT2D eigenvalue weighted by Crippen LogP contribution is -2.20. The van der Waals surface area contributed by atoms with Crippen molar-refractivity contribution >= 4 is 24.0 Å². The number of aliphatic hydroxyl groups excluding tert-OH is 2. The van der Waals surface area contributed by atoms with Crippen LogP contribution >= 0.6 is 0 Å². The lowest BCUT2D eigenvalue weighted by molar-refractivity contribution is -0.117. The molecule has 0 spiro atoms. The van der Waals surface area contributed by atoms with Gasteiger partial charge in [-0.05, 0) is 29.9 Å². The summed E-state index contributed by atoms with van der Waals surface area (Å²) in [7, 11) is 0. The van der Waals surface area contributed by atoms with Crippen LogP contribution in [-0.4, -0.2) is 46.8 Å². The number of hydrogen-bond donors (Lipinski definition) is 2. The molecule has 0 radical (unpaired) electrons. The van der Waals surface area contributed by atoms with Gasteiger partial charge in [-0.25, -0.2) is 0 Å². The van der Waals surface area contributed by atoms with Crippen LogP contribution in [0.1, 0.15) is 55.6 Å². The summed E-state index contributed by atoms with van der Waals surface area (Å²) in [5.41, 5.74) is 2.58. The van der Waals surface area contributed by atoms with Gasteiger partial charge in [0.25, 0.3) is 0 Å². The number of hydrogen-bond acceptors (Lipinski definition) is 6. The predicted molar refractivity (Wildman–Crippen MR) is 137 cm³/mol. The number of aliphatic imine (C=N–C) groups is 2. The highest BCUT2D eigenvalue weighted by molar-refractivity contribution is 6.15. The van der Waals surface area contributed by atoms with Crippen molar-refractivity contribution in [3.05, 3.63) is 94.5 Å². The first-order chi connectivity index (χ1) is 16.9. The van der Waals surface area contributed by atoms with Crippen molar-refractivity contribution in [1.29, 1.82) is 0 Å². The number of carbonyl (C=O) groups excluding carboxylic acids is 2. The average molecular weight is 471 g/mol. The highest BCUT2D eigenvalue weighted by atomic mass is 16.3. The summed E-state index contributed by atoms with van der Waals surface area (Å²) in [4.78, 5) is 33.9. The highest BCUT2D eigenvalue weighted by Crippen LogP contribution is 2.34. The van der Waals surface area contributed by atoms with Gasteiger partial charge >= 0.3 is 0 Å². The van der Waals surface area contributed by atoms with E-state index in [1.165, 1.54) is 12.4 Å².